The van der Waals surface area contributed by atoms with Crippen molar-refractivity contribution in [2.75, 3.05) is 0 Å². The van der Waals surface area contributed by atoms with Gasteiger partial charge in [-0.15, -0.1) is 0 Å². The number of hydrogen-bond donors (Lipinski definition) is 2. The summed E-state index contributed by atoms with van der Waals surface area (Å²) in [4.78, 5) is 12.1. The van der Waals surface area contributed by atoms with Crippen LogP contribution in [0, 0.1) is 6.92 Å². The highest BCUT2D eigenvalue weighted by Gasteiger charge is 2.09. The fraction of sp³-hybridized carbons (Fsp3) is 0.188. The fourth-order valence-corrected chi connectivity index (χ4v) is 2.13. The minimum Gasteiger partial charge on any atom is -0.392 e. The number of benzene rings is 2. The molecule has 0 aromatic heterocycles. The van der Waals surface area contributed by atoms with E-state index in [1.165, 1.54) is 0 Å². The summed E-state index contributed by atoms with van der Waals surface area (Å²) in [5, 5.41) is 12.5. The van der Waals surface area contributed by atoms with Crippen LogP contribution >= 0.6 is 11.6 Å². The van der Waals surface area contributed by atoms with Gasteiger partial charge in [0.2, 0.25) is 0 Å². The smallest absolute Gasteiger partial charge is 0.251 e. The lowest BCUT2D eigenvalue weighted by Crippen LogP contribution is -2.23. The van der Waals surface area contributed by atoms with Crippen molar-refractivity contribution in [2.45, 2.75) is 20.1 Å². The molecule has 0 spiro atoms. The van der Waals surface area contributed by atoms with Crippen LogP contribution in [0.5, 0.6) is 0 Å². The molecule has 0 atom stereocenters. The van der Waals surface area contributed by atoms with Crippen molar-refractivity contribution in [3.63, 3.8) is 0 Å². The van der Waals surface area contributed by atoms with Crippen molar-refractivity contribution in [1.82, 2.24) is 5.32 Å². The minimum absolute atomic E-state index is 0.00477. The van der Waals surface area contributed by atoms with Gasteiger partial charge in [-0.3, -0.25) is 4.79 Å². The van der Waals surface area contributed by atoms with Crippen LogP contribution in [0.25, 0.3) is 0 Å². The lowest BCUT2D eigenvalue weighted by atomic mass is 10.1. The lowest BCUT2D eigenvalue weighted by Gasteiger charge is -2.09. The van der Waals surface area contributed by atoms with Gasteiger partial charge in [0.15, 0.2) is 0 Å². The Morgan fingerprint density at radius 1 is 1.20 bits per heavy atom. The Labute approximate surface area is 123 Å². The number of carbonyl (C=O) groups excluding carboxylic acids is 1. The van der Waals surface area contributed by atoms with E-state index in [4.69, 9.17) is 16.7 Å². The molecule has 0 saturated carbocycles. The van der Waals surface area contributed by atoms with Gasteiger partial charge in [-0.1, -0.05) is 41.9 Å². The maximum Gasteiger partial charge on any atom is 0.251 e. The number of rotatable bonds is 4. The first kappa shape index (κ1) is 14.6. The summed E-state index contributed by atoms with van der Waals surface area (Å²) in [7, 11) is 0. The molecule has 2 aromatic rings. The number of hydrogen-bond acceptors (Lipinski definition) is 2. The van der Waals surface area contributed by atoms with Crippen molar-refractivity contribution in [2.24, 2.45) is 0 Å². The third kappa shape index (κ3) is 3.59. The molecule has 4 heteroatoms. The predicted octanol–water partition coefficient (Wildman–Crippen LogP) is 3.07. The Kier molecular flexibility index (Phi) is 4.77. The zero-order valence-electron chi connectivity index (χ0n) is 11.2. The summed E-state index contributed by atoms with van der Waals surface area (Å²) in [5.74, 6) is -0.153. The summed E-state index contributed by atoms with van der Waals surface area (Å²) in [6.45, 7) is 2.28. The first-order valence-electron chi connectivity index (χ1n) is 6.33. The van der Waals surface area contributed by atoms with E-state index in [0.717, 1.165) is 16.7 Å². The van der Waals surface area contributed by atoms with E-state index in [-0.39, 0.29) is 12.5 Å². The molecule has 0 aliphatic carbocycles. The van der Waals surface area contributed by atoms with E-state index >= 15 is 0 Å². The zero-order valence-corrected chi connectivity index (χ0v) is 11.9. The highest BCUT2D eigenvalue weighted by atomic mass is 35.5. The summed E-state index contributed by atoms with van der Waals surface area (Å²) in [5.41, 5.74) is 3.24. The highest BCUT2D eigenvalue weighted by molar-refractivity contribution is 6.31. The van der Waals surface area contributed by atoms with Crippen LogP contribution in [0.15, 0.2) is 42.5 Å². The molecule has 0 radical (unpaired) electrons. The predicted molar refractivity (Wildman–Crippen MR) is 79.7 cm³/mol. The normalized spacial score (nSPS) is 10.3. The minimum atomic E-state index is -0.153. The summed E-state index contributed by atoms with van der Waals surface area (Å²) < 4.78 is 0. The molecule has 2 aromatic carbocycles. The second kappa shape index (κ2) is 6.55. The molecule has 3 nitrogen and oxygen atoms in total. The molecular formula is C16H16ClNO2. The standard InChI is InChI=1S/C16H16ClNO2/c1-11-5-6-14(17)8-15(11)16(20)18-9-12-3-2-4-13(7-12)10-19/h2-8,19H,9-10H2,1H3,(H,18,20). The van der Waals surface area contributed by atoms with E-state index in [9.17, 15) is 4.79 Å². The molecule has 0 unspecified atom stereocenters. The zero-order chi connectivity index (χ0) is 14.5. The topological polar surface area (TPSA) is 49.3 Å². The molecular weight excluding hydrogens is 274 g/mol. The maximum absolute atomic E-state index is 12.1. The average Bonchev–Trinajstić information content (AvgIpc) is 2.47. The average molecular weight is 290 g/mol. The first-order chi connectivity index (χ1) is 9.60. The van der Waals surface area contributed by atoms with Crippen LogP contribution in [0.2, 0.25) is 5.02 Å². The van der Waals surface area contributed by atoms with Crippen LogP contribution < -0.4 is 5.32 Å². The second-order valence-electron chi connectivity index (χ2n) is 4.62. The van der Waals surface area contributed by atoms with Gasteiger partial charge in [-0.2, -0.15) is 0 Å². The third-order valence-corrected chi connectivity index (χ3v) is 3.31. The number of aryl methyl sites for hydroxylation is 1. The van der Waals surface area contributed by atoms with E-state index in [1.807, 2.05) is 37.3 Å². The van der Waals surface area contributed by atoms with Gasteiger partial charge in [0.05, 0.1) is 6.61 Å². The van der Waals surface area contributed by atoms with Crippen molar-refractivity contribution < 1.29 is 9.90 Å². The fourth-order valence-electron chi connectivity index (χ4n) is 1.95. The van der Waals surface area contributed by atoms with Crippen molar-refractivity contribution in [3.05, 3.63) is 69.7 Å². The summed E-state index contributed by atoms with van der Waals surface area (Å²) in [6.07, 6.45) is 0. The summed E-state index contributed by atoms with van der Waals surface area (Å²) >= 11 is 5.91. The lowest BCUT2D eigenvalue weighted by molar-refractivity contribution is 0.0950. The van der Waals surface area contributed by atoms with Gasteiger partial charge >= 0.3 is 0 Å². The number of aliphatic hydroxyl groups excluding tert-OH is 1. The number of aliphatic hydroxyl groups is 1. The van der Waals surface area contributed by atoms with Crippen molar-refractivity contribution in [3.8, 4) is 0 Å². The molecule has 1 amide bonds. The SMILES string of the molecule is Cc1ccc(Cl)cc1C(=O)NCc1cccc(CO)c1. The van der Waals surface area contributed by atoms with Crippen LogP contribution in [0.1, 0.15) is 27.0 Å². The van der Waals surface area contributed by atoms with Gasteiger partial charge in [0.1, 0.15) is 0 Å². The van der Waals surface area contributed by atoms with E-state index in [2.05, 4.69) is 5.32 Å². The molecule has 0 aliphatic rings. The molecule has 2 rings (SSSR count). The van der Waals surface area contributed by atoms with Gasteiger partial charge < -0.3 is 10.4 Å². The van der Waals surface area contributed by atoms with Gasteiger partial charge in [-0.05, 0) is 35.7 Å². The van der Waals surface area contributed by atoms with Gasteiger partial charge in [0.25, 0.3) is 5.91 Å². The Bertz CT molecular complexity index is 626. The van der Waals surface area contributed by atoms with Crippen LogP contribution in [-0.2, 0) is 13.2 Å². The Morgan fingerprint density at radius 3 is 2.70 bits per heavy atom. The maximum atomic E-state index is 12.1. The Hall–Kier alpha value is -1.84. The third-order valence-electron chi connectivity index (χ3n) is 3.07. The number of halogens is 1. The molecule has 0 aliphatic heterocycles. The molecule has 0 fully saturated rings. The molecule has 20 heavy (non-hydrogen) atoms. The van der Waals surface area contributed by atoms with Crippen LogP contribution in [0.4, 0.5) is 0 Å². The van der Waals surface area contributed by atoms with Crippen LogP contribution in [0.3, 0.4) is 0 Å². The van der Waals surface area contributed by atoms with Crippen LogP contribution in [-0.4, -0.2) is 11.0 Å². The van der Waals surface area contributed by atoms with E-state index < -0.39 is 0 Å². The number of nitrogens with one attached hydrogen (secondary N) is 1. The highest BCUT2D eigenvalue weighted by Crippen LogP contribution is 2.15. The van der Waals surface area contributed by atoms with Gasteiger partial charge in [-0.25, -0.2) is 0 Å². The monoisotopic (exact) mass is 289 g/mol. The van der Waals surface area contributed by atoms with Crippen molar-refractivity contribution in [1.29, 1.82) is 0 Å². The molecule has 0 saturated heterocycles. The second-order valence-corrected chi connectivity index (χ2v) is 5.06. The molecule has 0 heterocycles. The Morgan fingerprint density at radius 2 is 1.95 bits per heavy atom. The van der Waals surface area contributed by atoms with Gasteiger partial charge in [0, 0.05) is 17.1 Å². The largest absolute Gasteiger partial charge is 0.392 e. The molecule has 0 bridgehead atoms. The number of carbonyl (C=O) groups is 1. The summed E-state index contributed by atoms with van der Waals surface area (Å²) in [6, 6.07) is 12.7. The number of amides is 1. The van der Waals surface area contributed by atoms with E-state index in [0.29, 0.717) is 17.1 Å². The molecule has 2 N–H and O–H groups in total. The Balaban J connectivity index is 2.06. The molecule has 104 valence electrons. The van der Waals surface area contributed by atoms with Crippen molar-refractivity contribution >= 4 is 17.5 Å². The quantitative estimate of drug-likeness (QED) is 0.909. The first-order valence-corrected chi connectivity index (χ1v) is 6.71. The van der Waals surface area contributed by atoms with E-state index in [1.54, 1.807) is 12.1 Å².